The van der Waals surface area contributed by atoms with Crippen LogP contribution in [0.15, 0.2) is 58.2 Å². The Balaban J connectivity index is 1.61. The molecule has 3 aromatic rings. The summed E-state index contributed by atoms with van der Waals surface area (Å²) in [5.74, 6) is 0.831. The number of ether oxygens (including phenoxy) is 3. The number of H-pyrrole nitrogens is 1. The Bertz CT molecular complexity index is 1240. The van der Waals surface area contributed by atoms with Crippen LogP contribution in [-0.4, -0.2) is 62.3 Å². The summed E-state index contributed by atoms with van der Waals surface area (Å²) in [6.07, 6.45) is 1.46. The molecule has 0 saturated carbocycles. The molecule has 1 N–H and O–H groups in total. The lowest BCUT2D eigenvalue weighted by Gasteiger charge is -2.24. The molecule has 1 saturated heterocycles. The lowest BCUT2D eigenvalue weighted by Crippen LogP contribution is -2.37. The number of methoxy groups -OCH3 is 1. The second-order valence-electron chi connectivity index (χ2n) is 7.78. The molecule has 1 atom stereocenters. The van der Waals surface area contributed by atoms with Gasteiger partial charge >= 0.3 is 0 Å². The van der Waals surface area contributed by atoms with Crippen molar-refractivity contribution in [1.29, 1.82) is 0 Å². The van der Waals surface area contributed by atoms with Gasteiger partial charge in [-0.05, 0) is 49.2 Å². The minimum Gasteiger partial charge on any atom is -0.491 e. The molecular formula is C23H27N3O6S. The standard InChI is InChI=1S/C23H27N3O6S/c1-30-13-14-32-17-8-10-19(11-9-17)33(28,29)26(15-18-5-4-12-31-18)16-22-24-21-7-3-2-6-20(21)23(27)25-22/h2-3,6-11,18H,4-5,12-16H2,1H3,(H,24,25,27)/t18-/m1/s1. The molecule has 0 spiro atoms. The Morgan fingerprint density at radius 2 is 1.94 bits per heavy atom. The van der Waals surface area contributed by atoms with Gasteiger partial charge in [-0.1, -0.05) is 12.1 Å². The fraction of sp³-hybridized carbons (Fsp3) is 0.391. The highest BCUT2D eigenvalue weighted by molar-refractivity contribution is 7.89. The molecule has 1 aliphatic rings. The second kappa shape index (κ2) is 10.4. The van der Waals surface area contributed by atoms with Crippen molar-refractivity contribution in [2.75, 3.05) is 33.5 Å². The summed E-state index contributed by atoms with van der Waals surface area (Å²) >= 11 is 0. The third-order valence-electron chi connectivity index (χ3n) is 5.44. The Kier molecular flexibility index (Phi) is 7.39. The third kappa shape index (κ3) is 5.59. The molecule has 0 amide bonds. The molecule has 9 nitrogen and oxygen atoms in total. The first-order chi connectivity index (χ1) is 16.0. The van der Waals surface area contributed by atoms with E-state index in [9.17, 15) is 13.2 Å². The van der Waals surface area contributed by atoms with Gasteiger partial charge in [-0.3, -0.25) is 4.79 Å². The first-order valence-electron chi connectivity index (χ1n) is 10.8. The van der Waals surface area contributed by atoms with Crippen molar-refractivity contribution >= 4 is 20.9 Å². The van der Waals surface area contributed by atoms with E-state index in [4.69, 9.17) is 14.2 Å². The third-order valence-corrected chi connectivity index (χ3v) is 7.26. The number of nitrogens with one attached hydrogen (secondary N) is 1. The zero-order chi connectivity index (χ0) is 23.3. The molecule has 2 aromatic carbocycles. The van der Waals surface area contributed by atoms with Crippen molar-refractivity contribution in [3.63, 3.8) is 0 Å². The van der Waals surface area contributed by atoms with Crippen molar-refractivity contribution in [2.24, 2.45) is 0 Å². The van der Waals surface area contributed by atoms with Gasteiger partial charge in [-0.2, -0.15) is 4.31 Å². The summed E-state index contributed by atoms with van der Waals surface area (Å²) < 4.78 is 44.6. The molecule has 33 heavy (non-hydrogen) atoms. The lowest BCUT2D eigenvalue weighted by molar-refractivity contribution is 0.0921. The van der Waals surface area contributed by atoms with E-state index in [1.165, 1.54) is 16.4 Å². The van der Waals surface area contributed by atoms with Crippen LogP contribution in [0.3, 0.4) is 0 Å². The molecule has 176 valence electrons. The number of aromatic nitrogens is 2. The summed E-state index contributed by atoms with van der Waals surface area (Å²) in [5.41, 5.74) is 0.214. The smallest absolute Gasteiger partial charge is 0.258 e. The van der Waals surface area contributed by atoms with E-state index in [0.29, 0.717) is 36.5 Å². The molecule has 0 bridgehead atoms. The van der Waals surface area contributed by atoms with Crippen LogP contribution in [0.1, 0.15) is 18.7 Å². The quantitative estimate of drug-likeness (QED) is 0.450. The predicted octanol–water partition coefficient (Wildman–Crippen LogP) is 2.32. The van der Waals surface area contributed by atoms with Gasteiger partial charge in [0.05, 0.1) is 35.1 Å². The van der Waals surface area contributed by atoms with Crippen molar-refractivity contribution in [3.8, 4) is 5.75 Å². The van der Waals surface area contributed by atoms with Crippen molar-refractivity contribution in [1.82, 2.24) is 14.3 Å². The Morgan fingerprint density at radius 3 is 2.67 bits per heavy atom. The maximum atomic E-state index is 13.5. The normalized spacial score (nSPS) is 16.5. The lowest BCUT2D eigenvalue weighted by atomic mass is 10.2. The Labute approximate surface area is 192 Å². The minimum atomic E-state index is -3.88. The second-order valence-corrected chi connectivity index (χ2v) is 9.71. The average molecular weight is 474 g/mol. The van der Waals surface area contributed by atoms with Crippen LogP contribution in [0.25, 0.3) is 10.9 Å². The van der Waals surface area contributed by atoms with Gasteiger partial charge in [0.25, 0.3) is 5.56 Å². The number of benzene rings is 2. The van der Waals surface area contributed by atoms with Crippen LogP contribution in [0.2, 0.25) is 0 Å². The van der Waals surface area contributed by atoms with Crippen LogP contribution in [0.4, 0.5) is 0 Å². The van der Waals surface area contributed by atoms with Gasteiger partial charge in [0.1, 0.15) is 18.2 Å². The molecule has 0 unspecified atom stereocenters. The molecule has 0 radical (unpaired) electrons. The maximum absolute atomic E-state index is 13.5. The molecule has 1 aliphatic heterocycles. The fourth-order valence-electron chi connectivity index (χ4n) is 3.74. The average Bonchev–Trinajstić information content (AvgIpc) is 3.32. The van der Waals surface area contributed by atoms with Crippen molar-refractivity contribution in [3.05, 3.63) is 64.7 Å². The first-order valence-corrected chi connectivity index (χ1v) is 12.2. The summed E-state index contributed by atoms with van der Waals surface area (Å²) in [6.45, 7) is 1.51. The van der Waals surface area contributed by atoms with E-state index in [2.05, 4.69) is 9.97 Å². The zero-order valence-corrected chi connectivity index (χ0v) is 19.2. The Morgan fingerprint density at radius 1 is 1.15 bits per heavy atom. The van der Waals surface area contributed by atoms with E-state index in [-0.39, 0.29) is 35.5 Å². The van der Waals surface area contributed by atoms with Gasteiger partial charge in [0, 0.05) is 20.3 Å². The van der Waals surface area contributed by atoms with Crippen LogP contribution in [0, 0.1) is 0 Å². The summed E-state index contributed by atoms with van der Waals surface area (Å²) in [5, 5.41) is 0.457. The van der Waals surface area contributed by atoms with E-state index in [0.717, 1.165) is 12.8 Å². The zero-order valence-electron chi connectivity index (χ0n) is 18.4. The predicted molar refractivity (Wildman–Crippen MR) is 123 cm³/mol. The first kappa shape index (κ1) is 23.4. The largest absolute Gasteiger partial charge is 0.491 e. The summed E-state index contributed by atoms with van der Waals surface area (Å²) in [7, 11) is -2.30. The number of aromatic amines is 1. The van der Waals surface area contributed by atoms with E-state index in [1.54, 1.807) is 43.5 Å². The molecule has 0 aliphatic carbocycles. The van der Waals surface area contributed by atoms with Crippen LogP contribution in [-0.2, 0) is 26.0 Å². The maximum Gasteiger partial charge on any atom is 0.258 e. The molecule has 4 rings (SSSR count). The van der Waals surface area contributed by atoms with E-state index in [1.807, 2.05) is 0 Å². The van der Waals surface area contributed by atoms with Gasteiger partial charge in [0.2, 0.25) is 10.0 Å². The van der Waals surface area contributed by atoms with Gasteiger partial charge < -0.3 is 19.2 Å². The van der Waals surface area contributed by atoms with Crippen LogP contribution >= 0.6 is 0 Å². The summed E-state index contributed by atoms with van der Waals surface area (Å²) in [4.78, 5) is 19.8. The minimum absolute atomic E-state index is 0.0750. The van der Waals surface area contributed by atoms with Gasteiger partial charge in [-0.25, -0.2) is 13.4 Å². The van der Waals surface area contributed by atoms with Crippen molar-refractivity contribution < 1.29 is 22.6 Å². The number of sulfonamides is 1. The monoisotopic (exact) mass is 473 g/mol. The number of hydrogen-bond donors (Lipinski definition) is 1. The van der Waals surface area contributed by atoms with Gasteiger partial charge in [0.15, 0.2) is 0 Å². The van der Waals surface area contributed by atoms with Crippen LogP contribution in [0.5, 0.6) is 5.75 Å². The van der Waals surface area contributed by atoms with E-state index >= 15 is 0 Å². The van der Waals surface area contributed by atoms with Crippen molar-refractivity contribution in [2.45, 2.75) is 30.4 Å². The number of fused-ring (bicyclic) bond motifs is 1. The fourth-order valence-corrected chi connectivity index (χ4v) is 5.17. The Hall–Kier alpha value is -2.79. The number of para-hydroxylation sites is 1. The van der Waals surface area contributed by atoms with Gasteiger partial charge in [-0.15, -0.1) is 0 Å². The SMILES string of the molecule is COCCOc1ccc(S(=O)(=O)N(Cc2nc3ccccc3c(=O)[nH]2)C[C@H]2CCCO2)cc1. The number of rotatable bonds is 10. The number of nitrogens with zero attached hydrogens (tertiary/aromatic N) is 2. The van der Waals surface area contributed by atoms with E-state index < -0.39 is 10.0 Å². The molecule has 1 aromatic heterocycles. The molecule has 2 heterocycles. The highest BCUT2D eigenvalue weighted by Gasteiger charge is 2.30. The molecule has 10 heteroatoms. The summed E-state index contributed by atoms with van der Waals surface area (Å²) in [6, 6.07) is 13.2. The van der Waals surface area contributed by atoms with Crippen LogP contribution < -0.4 is 10.3 Å². The molecule has 1 fully saturated rings. The highest BCUT2D eigenvalue weighted by Crippen LogP contribution is 2.23. The number of hydrogen-bond acceptors (Lipinski definition) is 7. The highest BCUT2D eigenvalue weighted by atomic mass is 32.2. The topological polar surface area (TPSA) is 111 Å². The molecular weight excluding hydrogens is 446 g/mol.